The zero-order valence-electron chi connectivity index (χ0n) is 10.4. The molecule has 0 fully saturated rings. The summed E-state index contributed by atoms with van der Waals surface area (Å²) in [5, 5.41) is 44.4. The molecule has 2 unspecified atom stereocenters. The second-order valence-corrected chi connectivity index (χ2v) is 7.01. The molecule has 0 aliphatic heterocycles. The fraction of sp³-hybridized carbons (Fsp3) is 0.333. The van der Waals surface area contributed by atoms with Crippen LogP contribution in [0.3, 0.4) is 0 Å². The molecular formula is C6H7N3O12S2. The van der Waals surface area contributed by atoms with E-state index in [9.17, 15) is 37.4 Å². The van der Waals surface area contributed by atoms with Crippen LogP contribution in [0.1, 0.15) is 0 Å². The first kappa shape index (κ1) is 18.5. The van der Waals surface area contributed by atoms with Gasteiger partial charge in [0.25, 0.3) is 47.9 Å². The molecule has 0 bridgehead atoms. The van der Waals surface area contributed by atoms with E-state index in [1.54, 1.807) is 0 Å². The lowest BCUT2D eigenvalue weighted by Crippen LogP contribution is -2.55. The van der Waals surface area contributed by atoms with Gasteiger partial charge in [0.2, 0.25) is 0 Å². The van der Waals surface area contributed by atoms with Crippen molar-refractivity contribution in [3.63, 3.8) is 0 Å². The van der Waals surface area contributed by atoms with Crippen LogP contribution in [0.15, 0.2) is 11.8 Å². The fourth-order valence-electron chi connectivity index (χ4n) is 1.86. The van der Waals surface area contributed by atoms with Crippen molar-refractivity contribution in [3.05, 3.63) is 32.3 Å². The zero-order valence-corrected chi connectivity index (χ0v) is 12.1. The van der Waals surface area contributed by atoms with Crippen molar-refractivity contribution in [3.8, 4) is 0 Å². The molecule has 130 valence electrons. The molecule has 2 atom stereocenters. The third kappa shape index (κ3) is 3.47. The minimum atomic E-state index is -5.60. The minimum absolute atomic E-state index is 0.0864. The Balaban J connectivity index is 4.07. The monoisotopic (exact) mass is 377 g/mol. The van der Waals surface area contributed by atoms with Crippen molar-refractivity contribution in [1.29, 1.82) is 0 Å². The van der Waals surface area contributed by atoms with Crippen LogP contribution in [0.5, 0.6) is 0 Å². The van der Waals surface area contributed by atoms with Gasteiger partial charge in [-0.15, -0.1) is 0 Å². The van der Waals surface area contributed by atoms with E-state index < -0.39 is 62.6 Å². The van der Waals surface area contributed by atoms with Gasteiger partial charge in [-0.3, -0.25) is 29.6 Å². The first-order valence-electron chi connectivity index (χ1n) is 5.04. The molecule has 0 amide bonds. The van der Waals surface area contributed by atoms with E-state index in [2.05, 4.69) is 0 Å². The first-order valence-corrected chi connectivity index (χ1v) is 8.04. The molecule has 0 saturated carbocycles. The van der Waals surface area contributed by atoms with Gasteiger partial charge in [-0.2, -0.15) is 16.8 Å². The Hall–Kier alpha value is -2.50. The summed E-state index contributed by atoms with van der Waals surface area (Å²) in [5.41, 5.74) is -5.11. The zero-order chi connectivity index (χ0) is 18.3. The van der Waals surface area contributed by atoms with Crippen LogP contribution in [0.2, 0.25) is 0 Å². The van der Waals surface area contributed by atoms with E-state index >= 15 is 0 Å². The maximum Gasteiger partial charge on any atom is 0.288 e. The summed E-state index contributed by atoms with van der Waals surface area (Å²) < 4.78 is 62.9. The predicted octanol–water partition coefficient (Wildman–Crippen LogP) is -2.65. The summed E-state index contributed by atoms with van der Waals surface area (Å²) in [6.45, 7) is 0. The fourth-order valence-corrected chi connectivity index (χ4v) is 3.93. The van der Waals surface area contributed by atoms with Gasteiger partial charge in [-0.05, 0) is 0 Å². The van der Waals surface area contributed by atoms with E-state index in [0.29, 0.717) is 0 Å². The Morgan fingerprint density at radius 1 is 0.913 bits per heavy atom. The molecule has 1 rings (SSSR count). The predicted molar refractivity (Wildman–Crippen MR) is 66.6 cm³/mol. The molecule has 4 N–H and O–H groups in total. The van der Waals surface area contributed by atoms with E-state index in [4.69, 9.17) is 19.5 Å². The Morgan fingerprint density at radius 3 is 1.61 bits per heavy atom. The Labute approximate surface area is 126 Å². The minimum Gasteiger partial charge on any atom is -0.417 e. The number of nitro groups is 1. The van der Waals surface area contributed by atoms with Crippen molar-refractivity contribution >= 4 is 31.7 Å². The number of rotatable bonds is 3. The van der Waals surface area contributed by atoms with Gasteiger partial charge in [0.1, 0.15) is 0 Å². The maximum atomic E-state index is 11.3. The Kier molecular flexibility index (Phi) is 4.52. The SMILES string of the molecule is O=[N+]([O-])C1=C/C(=[N+](/[O-])O)C(S(=O)(=O)O)/C(=[N+](/[O-])O)C1S(=O)(=O)O. The molecule has 0 aromatic heterocycles. The van der Waals surface area contributed by atoms with Crippen molar-refractivity contribution in [2.45, 2.75) is 10.5 Å². The molecule has 17 heteroatoms. The maximum absolute atomic E-state index is 11.3. The van der Waals surface area contributed by atoms with Crippen molar-refractivity contribution in [1.82, 2.24) is 0 Å². The second kappa shape index (κ2) is 5.61. The van der Waals surface area contributed by atoms with Crippen LogP contribution in [-0.4, -0.2) is 73.0 Å². The van der Waals surface area contributed by atoms with Gasteiger partial charge < -0.3 is 10.4 Å². The molecule has 0 spiro atoms. The average Bonchev–Trinajstić information content (AvgIpc) is 2.33. The molecule has 0 radical (unpaired) electrons. The van der Waals surface area contributed by atoms with Gasteiger partial charge in [0.15, 0.2) is 0 Å². The molecular weight excluding hydrogens is 370 g/mol. The summed E-state index contributed by atoms with van der Waals surface area (Å²) in [5.74, 6) is 0. The third-order valence-electron chi connectivity index (χ3n) is 2.62. The van der Waals surface area contributed by atoms with E-state index in [0.717, 1.165) is 0 Å². The lowest BCUT2D eigenvalue weighted by Gasteiger charge is -2.19. The lowest BCUT2D eigenvalue weighted by molar-refractivity contribution is -0.730. The van der Waals surface area contributed by atoms with Gasteiger partial charge in [0.05, 0.1) is 11.0 Å². The van der Waals surface area contributed by atoms with Crippen molar-refractivity contribution < 1.29 is 51.1 Å². The molecule has 0 saturated heterocycles. The molecule has 1 aliphatic rings. The quantitative estimate of drug-likeness (QED) is 0.129. The number of nitrogens with zero attached hydrogens (tertiary/aromatic N) is 3. The van der Waals surface area contributed by atoms with Gasteiger partial charge in [-0.25, -0.2) is 0 Å². The summed E-state index contributed by atoms with van der Waals surface area (Å²) in [6.07, 6.45) is -0.0864. The summed E-state index contributed by atoms with van der Waals surface area (Å²) in [7, 11) is -11.2. The highest BCUT2D eigenvalue weighted by Crippen LogP contribution is 2.25. The highest BCUT2D eigenvalue weighted by Gasteiger charge is 2.61. The Bertz CT molecular complexity index is 841. The standard InChI is InChI=1S/C6H7N3O12S2/c10-7(11)2-1-3(8(12)13)6(23(19,20)21)4(9(14)15)5(2)22(16,17)18/h1,5-6H,(H,10,11)(H,14,15)(H,16,17,18)(H,19,20,21). The number of hydrogen-bond donors (Lipinski definition) is 4. The number of allylic oxidation sites excluding steroid dienone is 1. The van der Waals surface area contributed by atoms with Crippen LogP contribution in [0, 0.1) is 20.5 Å². The topological polar surface area (TPSA) is 244 Å². The van der Waals surface area contributed by atoms with E-state index in [1.165, 1.54) is 0 Å². The van der Waals surface area contributed by atoms with Crippen molar-refractivity contribution in [2.75, 3.05) is 0 Å². The largest absolute Gasteiger partial charge is 0.417 e. The molecule has 1 aliphatic carbocycles. The van der Waals surface area contributed by atoms with Crippen LogP contribution in [0.25, 0.3) is 0 Å². The third-order valence-corrected chi connectivity index (χ3v) is 4.78. The average molecular weight is 377 g/mol. The number of hydrogen-bond acceptors (Lipinski definition) is 10. The van der Waals surface area contributed by atoms with E-state index in [1.807, 2.05) is 0 Å². The highest BCUT2D eigenvalue weighted by atomic mass is 32.2. The molecule has 23 heavy (non-hydrogen) atoms. The molecule has 0 heterocycles. The van der Waals surface area contributed by atoms with Gasteiger partial charge in [-0.1, -0.05) is 0 Å². The molecule has 0 aromatic rings. The summed E-state index contributed by atoms with van der Waals surface area (Å²) in [4.78, 5) is 6.51. The molecule has 0 aromatic carbocycles. The van der Waals surface area contributed by atoms with Gasteiger partial charge >= 0.3 is 0 Å². The van der Waals surface area contributed by atoms with Crippen molar-refractivity contribution in [2.24, 2.45) is 0 Å². The van der Waals surface area contributed by atoms with E-state index in [-0.39, 0.29) is 6.08 Å². The van der Waals surface area contributed by atoms with Crippen LogP contribution >= 0.6 is 0 Å². The second-order valence-electron chi connectivity index (χ2n) is 4.01. The smallest absolute Gasteiger partial charge is 0.288 e. The lowest BCUT2D eigenvalue weighted by atomic mass is 9.99. The summed E-state index contributed by atoms with van der Waals surface area (Å²) >= 11 is 0. The normalized spacial score (nSPS) is 27.1. The Morgan fingerprint density at radius 2 is 1.35 bits per heavy atom. The van der Waals surface area contributed by atoms with Crippen LogP contribution in [0.4, 0.5) is 0 Å². The first-order chi connectivity index (χ1) is 10.2. The van der Waals surface area contributed by atoms with Crippen LogP contribution < -0.4 is 0 Å². The summed E-state index contributed by atoms with van der Waals surface area (Å²) in [6, 6.07) is 0. The molecule has 15 nitrogen and oxygen atoms in total. The van der Waals surface area contributed by atoms with Crippen LogP contribution in [-0.2, 0) is 20.2 Å². The highest BCUT2D eigenvalue weighted by molar-refractivity contribution is 7.89. The van der Waals surface area contributed by atoms with Gasteiger partial charge in [0, 0.05) is 9.80 Å².